The first-order valence-electron chi connectivity index (χ1n) is 6.57. The highest BCUT2D eigenvalue weighted by atomic mass is 127. The fourth-order valence-electron chi connectivity index (χ4n) is 1.46. The van der Waals surface area contributed by atoms with Crippen LogP contribution in [0.15, 0.2) is 10.4 Å². The highest BCUT2D eigenvalue weighted by molar-refractivity contribution is 14.0. The number of nitrogens with zero attached hydrogens (tertiary/aromatic N) is 2. The maximum Gasteiger partial charge on any atom is 0.192 e. The molecule has 1 rings (SSSR count). The lowest BCUT2D eigenvalue weighted by atomic mass is 10.2. The number of hydrogen-bond donors (Lipinski definition) is 2. The number of thiazole rings is 1. The van der Waals surface area contributed by atoms with E-state index in [4.69, 9.17) is 6.42 Å². The first kappa shape index (κ1) is 19.2. The first-order chi connectivity index (χ1) is 9.17. The maximum atomic E-state index is 5.22. The molecule has 0 amide bonds. The molecule has 6 heteroatoms. The highest BCUT2D eigenvalue weighted by Crippen LogP contribution is 2.19. The zero-order valence-corrected chi connectivity index (χ0v) is 15.4. The fraction of sp³-hybridized carbons (Fsp3) is 0.571. The molecule has 2 N–H and O–H groups in total. The molecule has 0 fully saturated rings. The van der Waals surface area contributed by atoms with Gasteiger partial charge in [0.25, 0.3) is 0 Å². The standard InChI is InChI=1S/C14H22N4S.HI/c1-5-8-16-14(15-6-2)17-9-7-12-10-19-13(18-12)11(3)4;/h1,10-11H,6-9H2,2-4H3,(H2,15,16,17);1H. The molecule has 0 aliphatic heterocycles. The molecule has 1 aromatic heterocycles. The zero-order chi connectivity index (χ0) is 14.1. The van der Waals surface area contributed by atoms with Gasteiger partial charge in [-0.2, -0.15) is 0 Å². The molecule has 0 atom stereocenters. The summed E-state index contributed by atoms with van der Waals surface area (Å²) in [6, 6.07) is 0. The van der Waals surface area contributed by atoms with E-state index in [2.05, 4.69) is 45.8 Å². The minimum atomic E-state index is 0. The van der Waals surface area contributed by atoms with E-state index >= 15 is 0 Å². The van der Waals surface area contributed by atoms with Crippen LogP contribution in [0.5, 0.6) is 0 Å². The topological polar surface area (TPSA) is 49.3 Å². The van der Waals surface area contributed by atoms with Crippen molar-refractivity contribution in [1.29, 1.82) is 0 Å². The lowest BCUT2D eigenvalue weighted by molar-refractivity contribution is 0.822. The Morgan fingerprint density at radius 2 is 2.25 bits per heavy atom. The Morgan fingerprint density at radius 3 is 2.80 bits per heavy atom. The van der Waals surface area contributed by atoms with Gasteiger partial charge < -0.3 is 10.6 Å². The Labute approximate surface area is 142 Å². The number of rotatable bonds is 6. The van der Waals surface area contributed by atoms with Gasteiger partial charge in [-0.1, -0.05) is 19.8 Å². The van der Waals surface area contributed by atoms with Crippen LogP contribution < -0.4 is 10.6 Å². The van der Waals surface area contributed by atoms with Crippen LogP contribution in [0.2, 0.25) is 0 Å². The van der Waals surface area contributed by atoms with Crippen molar-refractivity contribution in [2.24, 2.45) is 4.99 Å². The van der Waals surface area contributed by atoms with Crippen LogP contribution in [-0.2, 0) is 6.42 Å². The third kappa shape index (κ3) is 7.10. The van der Waals surface area contributed by atoms with Gasteiger partial charge in [-0.25, -0.2) is 4.98 Å². The number of nitrogens with one attached hydrogen (secondary N) is 2. The second-order valence-electron chi connectivity index (χ2n) is 4.40. The van der Waals surface area contributed by atoms with Gasteiger partial charge in [0.1, 0.15) is 0 Å². The van der Waals surface area contributed by atoms with Gasteiger partial charge in [0.2, 0.25) is 0 Å². The summed E-state index contributed by atoms with van der Waals surface area (Å²) in [4.78, 5) is 9.05. The molecular weight excluding hydrogens is 383 g/mol. The molecule has 4 nitrogen and oxygen atoms in total. The predicted molar refractivity (Wildman–Crippen MR) is 98.1 cm³/mol. The molecule has 0 radical (unpaired) electrons. The van der Waals surface area contributed by atoms with E-state index in [1.54, 1.807) is 11.3 Å². The van der Waals surface area contributed by atoms with Crippen LogP contribution >= 0.6 is 35.3 Å². The summed E-state index contributed by atoms with van der Waals surface area (Å²) in [6.45, 7) is 8.37. The fourth-order valence-corrected chi connectivity index (χ4v) is 2.33. The lowest BCUT2D eigenvalue weighted by Crippen LogP contribution is -2.37. The Kier molecular flexibility index (Phi) is 10.5. The SMILES string of the molecule is C#CCNC(=NCCc1csc(C(C)C)n1)NCC.I. The van der Waals surface area contributed by atoms with E-state index in [1.165, 1.54) is 5.01 Å². The highest BCUT2D eigenvalue weighted by Gasteiger charge is 2.05. The van der Waals surface area contributed by atoms with Crippen molar-refractivity contribution in [3.63, 3.8) is 0 Å². The Morgan fingerprint density at radius 1 is 1.50 bits per heavy atom. The monoisotopic (exact) mass is 406 g/mol. The van der Waals surface area contributed by atoms with Crippen molar-refractivity contribution in [2.45, 2.75) is 33.1 Å². The quantitative estimate of drug-likeness (QED) is 0.331. The molecule has 112 valence electrons. The number of hydrogen-bond acceptors (Lipinski definition) is 3. The zero-order valence-electron chi connectivity index (χ0n) is 12.3. The molecule has 0 aliphatic rings. The third-order valence-electron chi connectivity index (χ3n) is 2.40. The summed E-state index contributed by atoms with van der Waals surface area (Å²) in [6.07, 6.45) is 6.08. The van der Waals surface area contributed by atoms with Crippen LogP contribution in [-0.4, -0.2) is 30.6 Å². The van der Waals surface area contributed by atoms with Gasteiger partial charge in [0.15, 0.2) is 5.96 Å². The van der Waals surface area contributed by atoms with Crippen molar-refractivity contribution < 1.29 is 0 Å². The van der Waals surface area contributed by atoms with E-state index < -0.39 is 0 Å². The normalized spacial score (nSPS) is 10.8. The number of guanidine groups is 1. The van der Waals surface area contributed by atoms with Crippen LogP contribution in [0.1, 0.15) is 37.4 Å². The summed E-state index contributed by atoms with van der Waals surface area (Å²) in [5.41, 5.74) is 1.12. The van der Waals surface area contributed by atoms with E-state index in [9.17, 15) is 0 Å². The molecule has 1 aromatic rings. The minimum absolute atomic E-state index is 0. The van der Waals surface area contributed by atoms with Crippen LogP contribution in [0.4, 0.5) is 0 Å². The Hall–Kier alpha value is -0.810. The van der Waals surface area contributed by atoms with Gasteiger partial charge in [-0.3, -0.25) is 4.99 Å². The molecule has 0 saturated carbocycles. The Bertz CT molecular complexity index is 448. The number of terminal acetylenes is 1. The summed E-state index contributed by atoms with van der Waals surface area (Å²) >= 11 is 1.72. The summed E-state index contributed by atoms with van der Waals surface area (Å²) in [5, 5.41) is 9.53. The maximum absolute atomic E-state index is 5.22. The van der Waals surface area contributed by atoms with Gasteiger partial charge >= 0.3 is 0 Å². The summed E-state index contributed by atoms with van der Waals surface area (Å²) in [7, 11) is 0. The molecule has 0 aliphatic carbocycles. The van der Waals surface area contributed by atoms with Crippen molar-refractivity contribution in [2.75, 3.05) is 19.6 Å². The average Bonchev–Trinajstić information content (AvgIpc) is 2.85. The molecule has 0 saturated heterocycles. The second kappa shape index (κ2) is 10.9. The summed E-state index contributed by atoms with van der Waals surface area (Å²) < 4.78 is 0. The average molecular weight is 406 g/mol. The smallest absolute Gasteiger partial charge is 0.192 e. The third-order valence-corrected chi connectivity index (χ3v) is 3.60. The van der Waals surface area contributed by atoms with E-state index in [0.29, 0.717) is 19.0 Å². The van der Waals surface area contributed by atoms with Crippen molar-refractivity contribution in [3.8, 4) is 12.3 Å². The molecule has 20 heavy (non-hydrogen) atoms. The first-order valence-corrected chi connectivity index (χ1v) is 7.45. The summed E-state index contributed by atoms with van der Waals surface area (Å²) in [5.74, 6) is 3.80. The van der Waals surface area contributed by atoms with Crippen molar-refractivity contribution in [3.05, 3.63) is 16.1 Å². The number of aromatic nitrogens is 1. The lowest BCUT2D eigenvalue weighted by Gasteiger charge is -2.08. The van der Waals surface area contributed by atoms with Crippen molar-refractivity contribution >= 4 is 41.3 Å². The molecule has 1 heterocycles. The van der Waals surface area contributed by atoms with Gasteiger partial charge in [0.05, 0.1) is 17.2 Å². The minimum Gasteiger partial charge on any atom is -0.357 e. The molecule has 0 spiro atoms. The molecule has 0 unspecified atom stereocenters. The number of aliphatic imine (C=N–C) groups is 1. The van der Waals surface area contributed by atoms with Gasteiger partial charge in [0, 0.05) is 30.8 Å². The van der Waals surface area contributed by atoms with Crippen LogP contribution in [0, 0.1) is 12.3 Å². The number of halogens is 1. The van der Waals surface area contributed by atoms with Gasteiger partial charge in [-0.15, -0.1) is 41.7 Å². The second-order valence-corrected chi connectivity index (χ2v) is 5.29. The van der Waals surface area contributed by atoms with E-state index in [0.717, 1.165) is 24.6 Å². The molecule has 0 bridgehead atoms. The van der Waals surface area contributed by atoms with Crippen LogP contribution in [0.25, 0.3) is 0 Å². The molecule has 0 aromatic carbocycles. The largest absolute Gasteiger partial charge is 0.357 e. The van der Waals surface area contributed by atoms with Crippen LogP contribution in [0.3, 0.4) is 0 Å². The predicted octanol–water partition coefficient (Wildman–Crippen LogP) is 2.62. The van der Waals surface area contributed by atoms with Crippen molar-refractivity contribution in [1.82, 2.24) is 15.6 Å². The van der Waals surface area contributed by atoms with E-state index in [1.807, 2.05) is 6.92 Å². The van der Waals surface area contributed by atoms with E-state index in [-0.39, 0.29) is 24.0 Å². The Balaban J connectivity index is 0.00000361. The molecular formula is C14H23IN4S. The van der Waals surface area contributed by atoms with Gasteiger partial charge in [-0.05, 0) is 6.92 Å².